The molecule has 7 nitrogen and oxygen atoms in total. The third-order valence-corrected chi connectivity index (χ3v) is 6.62. The number of fused-ring (bicyclic) bond motifs is 1. The molecule has 158 valence electrons. The zero-order valence-electron chi connectivity index (χ0n) is 17.3. The Labute approximate surface area is 179 Å². The van der Waals surface area contributed by atoms with Gasteiger partial charge in [0, 0.05) is 18.5 Å². The highest BCUT2D eigenvalue weighted by Gasteiger charge is 2.43. The Balaban J connectivity index is 1.40. The van der Waals surface area contributed by atoms with E-state index in [2.05, 4.69) is 10.4 Å². The van der Waals surface area contributed by atoms with Crippen LogP contribution in [0.1, 0.15) is 50.6 Å². The SMILES string of the molecule is CC(C)n1nccc1NC(=O)COC(=O)C1(Cc2nc3ccccc3s2)CCCC1. The molecular weight excluding hydrogens is 400 g/mol. The minimum Gasteiger partial charge on any atom is -0.455 e. The van der Waals surface area contributed by atoms with Gasteiger partial charge in [0.15, 0.2) is 6.61 Å². The topological polar surface area (TPSA) is 86.1 Å². The van der Waals surface area contributed by atoms with Gasteiger partial charge in [0.2, 0.25) is 0 Å². The molecule has 0 radical (unpaired) electrons. The minimum atomic E-state index is -0.589. The number of amides is 1. The fraction of sp³-hybridized carbons (Fsp3) is 0.455. The smallest absolute Gasteiger partial charge is 0.313 e. The molecule has 0 atom stereocenters. The van der Waals surface area contributed by atoms with Crippen LogP contribution in [0.25, 0.3) is 10.2 Å². The Kier molecular flexibility index (Phi) is 5.85. The number of anilines is 1. The average molecular weight is 427 g/mol. The second-order valence-corrected chi connectivity index (χ2v) is 9.23. The van der Waals surface area contributed by atoms with Crippen LogP contribution in [0.15, 0.2) is 36.5 Å². The Morgan fingerprint density at radius 1 is 1.23 bits per heavy atom. The Hall–Kier alpha value is -2.74. The van der Waals surface area contributed by atoms with Crippen LogP contribution in [0, 0.1) is 5.41 Å². The lowest BCUT2D eigenvalue weighted by molar-refractivity contribution is -0.158. The molecule has 1 aliphatic rings. The first-order valence-electron chi connectivity index (χ1n) is 10.3. The molecule has 30 heavy (non-hydrogen) atoms. The van der Waals surface area contributed by atoms with E-state index in [9.17, 15) is 9.59 Å². The molecule has 1 aliphatic carbocycles. The van der Waals surface area contributed by atoms with E-state index in [-0.39, 0.29) is 24.5 Å². The van der Waals surface area contributed by atoms with E-state index in [1.807, 2.05) is 38.1 Å². The Bertz CT molecular complexity index is 1020. The highest BCUT2D eigenvalue weighted by Crippen LogP contribution is 2.43. The summed E-state index contributed by atoms with van der Waals surface area (Å²) in [6.07, 6.45) is 5.70. The van der Waals surface area contributed by atoms with Gasteiger partial charge < -0.3 is 10.1 Å². The number of esters is 1. The Morgan fingerprint density at radius 2 is 2.00 bits per heavy atom. The summed E-state index contributed by atoms with van der Waals surface area (Å²) in [5, 5.41) is 7.91. The van der Waals surface area contributed by atoms with Gasteiger partial charge in [0.05, 0.1) is 26.8 Å². The van der Waals surface area contributed by atoms with Crippen LogP contribution in [-0.4, -0.2) is 33.2 Å². The molecule has 0 bridgehead atoms. The van der Waals surface area contributed by atoms with Crippen LogP contribution < -0.4 is 5.32 Å². The number of nitrogens with one attached hydrogen (secondary N) is 1. The van der Waals surface area contributed by atoms with E-state index in [0.717, 1.165) is 40.9 Å². The van der Waals surface area contributed by atoms with Crippen LogP contribution >= 0.6 is 11.3 Å². The fourth-order valence-electron chi connectivity index (χ4n) is 4.08. The number of para-hydroxylation sites is 1. The van der Waals surface area contributed by atoms with Crippen molar-refractivity contribution in [2.75, 3.05) is 11.9 Å². The summed E-state index contributed by atoms with van der Waals surface area (Å²) in [5.41, 5.74) is 0.369. The molecule has 0 unspecified atom stereocenters. The summed E-state index contributed by atoms with van der Waals surface area (Å²) < 4.78 is 8.32. The molecule has 2 heterocycles. The van der Waals surface area contributed by atoms with E-state index >= 15 is 0 Å². The lowest BCUT2D eigenvalue weighted by Crippen LogP contribution is -2.34. The summed E-state index contributed by atoms with van der Waals surface area (Å²) in [6, 6.07) is 9.84. The molecule has 4 rings (SSSR count). The second-order valence-electron chi connectivity index (χ2n) is 8.12. The zero-order valence-corrected chi connectivity index (χ0v) is 18.1. The predicted octanol–water partition coefficient (Wildman–Crippen LogP) is 4.36. The van der Waals surface area contributed by atoms with E-state index < -0.39 is 5.41 Å². The number of benzene rings is 1. The van der Waals surface area contributed by atoms with E-state index in [1.54, 1.807) is 28.3 Å². The highest BCUT2D eigenvalue weighted by atomic mass is 32.1. The van der Waals surface area contributed by atoms with Crippen LogP contribution in [0.4, 0.5) is 5.82 Å². The highest BCUT2D eigenvalue weighted by molar-refractivity contribution is 7.18. The number of thiazole rings is 1. The lowest BCUT2D eigenvalue weighted by atomic mass is 9.83. The fourth-order valence-corrected chi connectivity index (χ4v) is 5.19. The number of ether oxygens (including phenoxy) is 1. The van der Waals surface area contributed by atoms with E-state index in [4.69, 9.17) is 9.72 Å². The van der Waals surface area contributed by atoms with E-state index in [0.29, 0.717) is 12.2 Å². The van der Waals surface area contributed by atoms with Crippen LogP contribution in [0.2, 0.25) is 0 Å². The van der Waals surface area contributed by atoms with E-state index in [1.165, 1.54) is 0 Å². The van der Waals surface area contributed by atoms with Crippen molar-refractivity contribution < 1.29 is 14.3 Å². The molecule has 1 N–H and O–H groups in total. The summed E-state index contributed by atoms with van der Waals surface area (Å²) in [6.45, 7) is 3.66. The van der Waals surface area contributed by atoms with Crippen molar-refractivity contribution in [1.29, 1.82) is 0 Å². The maximum absolute atomic E-state index is 13.0. The predicted molar refractivity (Wildman–Crippen MR) is 116 cm³/mol. The van der Waals surface area contributed by atoms with Gasteiger partial charge in [-0.05, 0) is 38.8 Å². The summed E-state index contributed by atoms with van der Waals surface area (Å²) in [5.74, 6) is -0.0678. The first kappa shape index (κ1) is 20.5. The number of rotatable bonds is 7. The van der Waals surface area contributed by atoms with Crippen LogP contribution in [0.5, 0.6) is 0 Å². The van der Waals surface area contributed by atoms with Gasteiger partial charge in [0.1, 0.15) is 5.82 Å². The molecule has 1 aromatic carbocycles. The molecular formula is C22H26N4O3S. The van der Waals surface area contributed by atoms with Crippen molar-refractivity contribution in [2.45, 2.75) is 52.0 Å². The number of carbonyl (C=O) groups excluding carboxylic acids is 2. The van der Waals surface area contributed by atoms with Gasteiger partial charge in [-0.25, -0.2) is 9.67 Å². The quantitative estimate of drug-likeness (QED) is 0.567. The van der Waals surface area contributed by atoms with Crippen molar-refractivity contribution in [1.82, 2.24) is 14.8 Å². The number of carbonyl (C=O) groups is 2. The summed E-state index contributed by atoms with van der Waals surface area (Å²) in [4.78, 5) is 30.1. The normalized spacial score (nSPS) is 15.6. The molecule has 1 fully saturated rings. The summed E-state index contributed by atoms with van der Waals surface area (Å²) in [7, 11) is 0. The maximum Gasteiger partial charge on any atom is 0.313 e. The number of hydrogen-bond acceptors (Lipinski definition) is 6. The lowest BCUT2D eigenvalue weighted by Gasteiger charge is -2.25. The molecule has 3 aromatic rings. The second kappa shape index (κ2) is 8.55. The first-order valence-corrected chi connectivity index (χ1v) is 11.1. The van der Waals surface area contributed by atoms with Crippen molar-refractivity contribution >= 4 is 39.2 Å². The summed E-state index contributed by atoms with van der Waals surface area (Å²) >= 11 is 1.62. The minimum absolute atomic E-state index is 0.119. The molecule has 1 saturated carbocycles. The van der Waals surface area contributed by atoms with Gasteiger partial charge in [-0.1, -0.05) is 25.0 Å². The molecule has 0 spiro atoms. The third-order valence-electron chi connectivity index (χ3n) is 5.58. The third kappa shape index (κ3) is 4.23. The largest absolute Gasteiger partial charge is 0.455 e. The van der Waals surface area contributed by atoms with Gasteiger partial charge in [-0.15, -0.1) is 11.3 Å². The first-order chi connectivity index (χ1) is 14.5. The zero-order chi connectivity index (χ0) is 21.1. The molecule has 8 heteroatoms. The van der Waals surface area contributed by atoms with Gasteiger partial charge in [-0.3, -0.25) is 9.59 Å². The van der Waals surface area contributed by atoms with Crippen LogP contribution in [-0.2, 0) is 20.7 Å². The van der Waals surface area contributed by atoms with Crippen LogP contribution in [0.3, 0.4) is 0 Å². The maximum atomic E-state index is 13.0. The van der Waals surface area contributed by atoms with Crippen molar-refractivity contribution in [2.24, 2.45) is 5.41 Å². The molecule has 2 aromatic heterocycles. The number of hydrogen-bond donors (Lipinski definition) is 1. The van der Waals surface area contributed by atoms with Gasteiger partial charge >= 0.3 is 5.97 Å². The monoisotopic (exact) mass is 426 g/mol. The van der Waals surface area contributed by atoms with Gasteiger partial charge in [0.25, 0.3) is 5.91 Å². The standard InChI is InChI=1S/C22H26N4O3S/c1-15(2)26-18(9-12-23-26)25-19(27)14-29-21(28)22(10-5-6-11-22)13-20-24-16-7-3-4-8-17(16)30-20/h3-4,7-9,12,15H,5-6,10-11,13-14H2,1-2H3,(H,25,27). The molecule has 0 saturated heterocycles. The van der Waals surface area contributed by atoms with Crippen molar-refractivity contribution in [3.8, 4) is 0 Å². The number of aromatic nitrogens is 3. The van der Waals surface area contributed by atoms with Gasteiger partial charge in [-0.2, -0.15) is 5.10 Å². The molecule has 0 aliphatic heterocycles. The molecule has 1 amide bonds. The Morgan fingerprint density at radius 3 is 2.73 bits per heavy atom. The van der Waals surface area contributed by atoms with Crippen molar-refractivity contribution in [3.63, 3.8) is 0 Å². The van der Waals surface area contributed by atoms with Crippen molar-refractivity contribution in [3.05, 3.63) is 41.5 Å². The average Bonchev–Trinajstić information content (AvgIpc) is 3.45. The number of nitrogens with zero attached hydrogens (tertiary/aromatic N) is 3.